The zero-order valence-corrected chi connectivity index (χ0v) is 16.8. The Hall–Kier alpha value is -3.30. The molecule has 148 valence electrons. The van der Waals surface area contributed by atoms with Crippen LogP contribution in [0.25, 0.3) is 11.1 Å². The molecule has 8 nitrogen and oxygen atoms in total. The molecule has 0 aliphatic heterocycles. The summed E-state index contributed by atoms with van der Waals surface area (Å²) in [4.78, 5) is 22.7. The van der Waals surface area contributed by atoms with Gasteiger partial charge in [0.15, 0.2) is 5.01 Å². The zero-order valence-electron chi connectivity index (χ0n) is 15.3. The summed E-state index contributed by atoms with van der Waals surface area (Å²) in [6.45, 7) is 2.36. The minimum atomic E-state index is -0.567. The standard InChI is InChI=1S/C19H16ClN5O3S/c1-11-2-4-12(5-3-11)10-22-17(26)19-24-23-18(29-19)14(20)8-13-6-7-15(21)16(9-13)25(27)28/h2-9H,10,21H2,1H3,(H,22,26). The Morgan fingerprint density at radius 2 is 1.93 bits per heavy atom. The minimum absolute atomic E-state index is 0.0618. The predicted octanol–water partition coefficient (Wildman–Crippen LogP) is 4.00. The number of nitrogen functional groups attached to an aromatic ring is 1. The van der Waals surface area contributed by atoms with Crippen LogP contribution in [0.1, 0.15) is 31.5 Å². The molecule has 0 saturated carbocycles. The SMILES string of the molecule is Cc1ccc(CNC(=O)c2nnc(C(Cl)=Cc3ccc(N)c([N+](=O)[O-])c3)s2)cc1. The molecule has 0 fully saturated rings. The Labute approximate surface area is 175 Å². The van der Waals surface area contributed by atoms with E-state index in [0.717, 1.165) is 22.5 Å². The number of nitrogens with one attached hydrogen (secondary N) is 1. The monoisotopic (exact) mass is 429 g/mol. The zero-order chi connectivity index (χ0) is 21.0. The number of aromatic nitrogens is 2. The molecule has 1 heterocycles. The first-order valence-electron chi connectivity index (χ1n) is 8.42. The van der Waals surface area contributed by atoms with E-state index in [1.807, 2.05) is 31.2 Å². The molecule has 0 bridgehead atoms. The van der Waals surface area contributed by atoms with Gasteiger partial charge in [0.2, 0.25) is 5.01 Å². The van der Waals surface area contributed by atoms with Crippen LogP contribution in [0.15, 0.2) is 42.5 Å². The van der Waals surface area contributed by atoms with E-state index < -0.39 is 4.92 Å². The summed E-state index contributed by atoms with van der Waals surface area (Å²) < 4.78 is 0. The molecule has 0 saturated heterocycles. The van der Waals surface area contributed by atoms with Crippen molar-refractivity contribution in [1.82, 2.24) is 15.5 Å². The van der Waals surface area contributed by atoms with E-state index in [4.69, 9.17) is 17.3 Å². The Kier molecular flexibility index (Phi) is 6.20. The van der Waals surface area contributed by atoms with Gasteiger partial charge in [-0.3, -0.25) is 14.9 Å². The lowest BCUT2D eigenvalue weighted by atomic mass is 10.1. The molecule has 0 atom stereocenters. The Bertz CT molecular complexity index is 1100. The number of nitrogens with zero attached hydrogens (tertiary/aromatic N) is 3. The number of hydrogen-bond acceptors (Lipinski definition) is 7. The number of hydrogen-bond donors (Lipinski definition) is 2. The lowest BCUT2D eigenvalue weighted by Crippen LogP contribution is -2.22. The van der Waals surface area contributed by atoms with Crippen molar-refractivity contribution in [2.24, 2.45) is 0 Å². The van der Waals surface area contributed by atoms with Crippen molar-refractivity contribution in [1.29, 1.82) is 0 Å². The van der Waals surface area contributed by atoms with E-state index in [0.29, 0.717) is 17.1 Å². The number of nitro benzene ring substituents is 1. The summed E-state index contributed by atoms with van der Waals surface area (Å²) in [5, 5.41) is 22.3. The van der Waals surface area contributed by atoms with Crippen LogP contribution in [0.2, 0.25) is 0 Å². The second kappa shape index (κ2) is 8.80. The molecule has 0 aliphatic carbocycles. The first-order chi connectivity index (χ1) is 13.8. The number of amides is 1. The van der Waals surface area contributed by atoms with Crippen LogP contribution in [0.4, 0.5) is 11.4 Å². The van der Waals surface area contributed by atoms with Crippen molar-refractivity contribution >= 4 is 51.3 Å². The van der Waals surface area contributed by atoms with Crippen LogP contribution in [-0.2, 0) is 6.54 Å². The lowest BCUT2D eigenvalue weighted by molar-refractivity contribution is -0.383. The van der Waals surface area contributed by atoms with Crippen LogP contribution in [0.3, 0.4) is 0 Å². The Morgan fingerprint density at radius 1 is 1.24 bits per heavy atom. The fraction of sp³-hybridized carbons (Fsp3) is 0.105. The molecule has 29 heavy (non-hydrogen) atoms. The first kappa shape index (κ1) is 20.4. The van der Waals surface area contributed by atoms with Gasteiger partial charge in [-0.2, -0.15) is 0 Å². The number of aryl methyl sites for hydroxylation is 1. The number of benzene rings is 2. The van der Waals surface area contributed by atoms with Gasteiger partial charge >= 0.3 is 0 Å². The van der Waals surface area contributed by atoms with Crippen molar-refractivity contribution in [3.8, 4) is 0 Å². The van der Waals surface area contributed by atoms with E-state index in [-0.39, 0.29) is 27.3 Å². The fourth-order valence-corrected chi connectivity index (χ4v) is 3.34. The van der Waals surface area contributed by atoms with Crippen molar-refractivity contribution in [3.05, 3.63) is 79.3 Å². The van der Waals surface area contributed by atoms with E-state index in [1.54, 1.807) is 6.07 Å². The van der Waals surface area contributed by atoms with Crippen LogP contribution in [-0.4, -0.2) is 21.0 Å². The highest BCUT2D eigenvalue weighted by Gasteiger charge is 2.15. The summed E-state index contributed by atoms with van der Waals surface area (Å²) in [5.74, 6) is -0.359. The van der Waals surface area contributed by atoms with Crippen LogP contribution < -0.4 is 11.1 Å². The minimum Gasteiger partial charge on any atom is -0.393 e. The van der Waals surface area contributed by atoms with Gasteiger partial charge in [-0.05, 0) is 30.2 Å². The average Bonchev–Trinajstić information content (AvgIpc) is 3.19. The van der Waals surface area contributed by atoms with Crippen LogP contribution >= 0.6 is 22.9 Å². The average molecular weight is 430 g/mol. The molecule has 3 N–H and O–H groups in total. The molecule has 10 heteroatoms. The molecule has 0 spiro atoms. The quantitative estimate of drug-likeness (QED) is 0.346. The molecule has 3 aromatic rings. The number of carbonyl (C=O) groups is 1. The smallest absolute Gasteiger partial charge is 0.292 e. The summed E-state index contributed by atoms with van der Waals surface area (Å²) >= 11 is 7.28. The maximum Gasteiger partial charge on any atom is 0.292 e. The molecular formula is C19H16ClN5O3S. The topological polar surface area (TPSA) is 124 Å². The van der Waals surface area contributed by atoms with Gasteiger partial charge in [0.1, 0.15) is 5.69 Å². The lowest BCUT2D eigenvalue weighted by Gasteiger charge is -2.03. The van der Waals surface area contributed by atoms with Crippen molar-refractivity contribution < 1.29 is 9.72 Å². The molecule has 1 aromatic heterocycles. The molecule has 1 amide bonds. The van der Waals surface area contributed by atoms with Crippen molar-refractivity contribution in [2.45, 2.75) is 13.5 Å². The highest BCUT2D eigenvalue weighted by Crippen LogP contribution is 2.28. The number of nitrogens with two attached hydrogens (primary N) is 1. The van der Waals surface area contributed by atoms with Gasteiger partial charge in [0, 0.05) is 12.6 Å². The normalized spacial score (nSPS) is 11.3. The third-order valence-electron chi connectivity index (χ3n) is 3.94. The maximum absolute atomic E-state index is 12.3. The number of nitro groups is 1. The molecule has 0 unspecified atom stereocenters. The van der Waals surface area contributed by atoms with Gasteiger partial charge in [0.25, 0.3) is 11.6 Å². The van der Waals surface area contributed by atoms with Crippen molar-refractivity contribution in [2.75, 3.05) is 5.73 Å². The summed E-state index contributed by atoms with van der Waals surface area (Å²) in [6, 6.07) is 12.2. The number of halogens is 1. The maximum atomic E-state index is 12.3. The van der Waals surface area contributed by atoms with Gasteiger partial charge in [-0.15, -0.1) is 10.2 Å². The van der Waals surface area contributed by atoms with E-state index >= 15 is 0 Å². The van der Waals surface area contributed by atoms with E-state index in [9.17, 15) is 14.9 Å². The Balaban J connectivity index is 1.70. The molecule has 0 aliphatic rings. The van der Waals surface area contributed by atoms with Gasteiger partial charge in [-0.25, -0.2) is 0 Å². The van der Waals surface area contributed by atoms with Gasteiger partial charge < -0.3 is 11.1 Å². The largest absolute Gasteiger partial charge is 0.393 e. The molecule has 0 radical (unpaired) electrons. The van der Waals surface area contributed by atoms with E-state index in [2.05, 4.69) is 15.5 Å². The van der Waals surface area contributed by atoms with Gasteiger partial charge in [0.05, 0.1) is 9.96 Å². The van der Waals surface area contributed by atoms with E-state index in [1.165, 1.54) is 18.2 Å². The molecule has 3 rings (SSSR count). The highest BCUT2D eigenvalue weighted by atomic mass is 35.5. The summed E-state index contributed by atoms with van der Waals surface area (Å²) in [7, 11) is 0. The number of rotatable bonds is 6. The third kappa shape index (κ3) is 5.15. The number of anilines is 1. The summed E-state index contributed by atoms with van der Waals surface area (Å²) in [6.07, 6.45) is 1.50. The van der Waals surface area contributed by atoms with Crippen LogP contribution in [0, 0.1) is 17.0 Å². The number of carbonyl (C=O) groups excluding carboxylic acids is 1. The van der Waals surface area contributed by atoms with Crippen LogP contribution in [0.5, 0.6) is 0 Å². The highest BCUT2D eigenvalue weighted by molar-refractivity contribution is 7.15. The second-order valence-corrected chi connectivity index (χ2v) is 7.53. The van der Waals surface area contributed by atoms with Gasteiger partial charge in [-0.1, -0.05) is 58.8 Å². The fourth-order valence-electron chi connectivity index (χ4n) is 2.39. The predicted molar refractivity (Wildman–Crippen MR) is 113 cm³/mol. The summed E-state index contributed by atoms with van der Waals surface area (Å²) in [5.41, 5.74) is 8.03. The molecule has 2 aromatic carbocycles. The second-order valence-electron chi connectivity index (χ2n) is 6.15. The first-order valence-corrected chi connectivity index (χ1v) is 9.61. The molecular weight excluding hydrogens is 414 g/mol. The third-order valence-corrected chi connectivity index (χ3v) is 5.30. The Morgan fingerprint density at radius 3 is 2.62 bits per heavy atom. The van der Waals surface area contributed by atoms with Crippen molar-refractivity contribution in [3.63, 3.8) is 0 Å².